The molecule has 2 amide bonds. The van der Waals surface area contributed by atoms with Gasteiger partial charge in [0.05, 0.1) is 48.6 Å². The van der Waals surface area contributed by atoms with Crippen molar-refractivity contribution in [3.63, 3.8) is 0 Å². The van der Waals surface area contributed by atoms with Gasteiger partial charge in [-0.3, -0.25) is 9.59 Å². The number of carboxylic acid groups (broad SMARTS) is 1. The number of hydrogen-bond acceptors (Lipinski definition) is 7. The predicted octanol–water partition coefficient (Wildman–Crippen LogP) is 9.76. The summed E-state index contributed by atoms with van der Waals surface area (Å²) in [5, 5.41) is 13.9. The number of nitrogens with one attached hydrogen (secondary N) is 2. The Bertz CT molecular complexity index is 1720. The van der Waals surface area contributed by atoms with Crippen LogP contribution in [0.5, 0.6) is 0 Å². The third-order valence-corrected chi connectivity index (χ3v) is 11.8. The number of fused-ring (bicyclic) bond motifs is 1. The number of thiophene rings is 1. The molecule has 0 saturated heterocycles. The topological polar surface area (TPSA) is 122 Å². The molecule has 0 radical (unpaired) electrons. The number of thioether (sulfide) groups is 1. The number of benzene rings is 2. The number of ether oxygens (including phenoxy) is 1. The first kappa shape index (κ1) is 36.4. The van der Waals surface area contributed by atoms with E-state index >= 15 is 0 Å². The van der Waals surface area contributed by atoms with Crippen molar-refractivity contribution in [2.75, 3.05) is 17.2 Å². The standard InChI is InChI=1S/C32H32Cl4N2O6S2/c1-6-44-31(43)20-18-11-10-15(32(3,4)5)12-19(18)46-29(20)38-27(39)14(2)45-17-9-7-8-16(13-17)37-28(40)21-22(30(41)42)24(34)26(36)25(35)23(21)33/h7-9,13-15H,6,10-12H2,1-5H3,(H,37,40)(H,38,39)(H,41,42). The lowest BCUT2D eigenvalue weighted by Crippen LogP contribution is -2.27. The van der Waals surface area contributed by atoms with Crippen LogP contribution < -0.4 is 10.6 Å². The number of hydrogen-bond donors (Lipinski definition) is 3. The van der Waals surface area contributed by atoms with Gasteiger partial charge in [0.15, 0.2) is 0 Å². The maximum Gasteiger partial charge on any atom is 0.341 e. The summed E-state index contributed by atoms with van der Waals surface area (Å²) in [6.07, 6.45) is 2.53. The van der Waals surface area contributed by atoms with Gasteiger partial charge in [-0.2, -0.15) is 0 Å². The second-order valence-corrected chi connectivity index (χ2v) is 15.8. The molecule has 1 heterocycles. The fourth-order valence-electron chi connectivity index (χ4n) is 5.19. The highest BCUT2D eigenvalue weighted by atomic mass is 35.5. The maximum absolute atomic E-state index is 13.4. The minimum atomic E-state index is -1.51. The maximum atomic E-state index is 13.4. The molecule has 1 aliphatic rings. The summed E-state index contributed by atoms with van der Waals surface area (Å²) in [6.45, 7) is 10.4. The number of esters is 1. The Labute approximate surface area is 295 Å². The average molecular weight is 747 g/mol. The van der Waals surface area contributed by atoms with Gasteiger partial charge in [0.25, 0.3) is 5.91 Å². The minimum Gasteiger partial charge on any atom is -0.478 e. The van der Waals surface area contributed by atoms with Crippen LogP contribution >= 0.6 is 69.5 Å². The molecule has 3 N–H and O–H groups in total. The molecule has 246 valence electrons. The summed E-state index contributed by atoms with van der Waals surface area (Å²) >= 11 is 27.1. The zero-order valence-electron chi connectivity index (χ0n) is 25.6. The first-order chi connectivity index (χ1) is 21.5. The average Bonchev–Trinajstić information content (AvgIpc) is 3.34. The number of carbonyl (C=O) groups is 4. The van der Waals surface area contributed by atoms with E-state index < -0.39 is 39.2 Å². The Hall–Kier alpha value is -2.47. The second-order valence-electron chi connectivity index (χ2n) is 11.8. The molecule has 4 rings (SSSR count). The van der Waals surface area contributed by atoms with Gasteiger partial charge in [0.1, 0.15) is 5.00 Å². The number of rotatable bonds is 9. The molecule has 8 nitrogen and oxygen atoms in total. The second kappa shape index (κ2) is 14.7. The van der Waals surface area contributed by atoms with Gasteiger partial charge < -0.3 is 20.5 Å². The van der Waals surface area contributed by atoms with Crippen molar-refractivity contribution < 1.29 is 29.0 Å². The van der Waals surface area contributed by atoms with Gasteiger partial charge >= 0.3 is 11.9 Å². The third-order valence-electron chi connectivity index (χ3n) is 7.69. The number of amides is 2. The van der Waals surface area contributed by atoms with Gasteiger partial charge in [-0.25, -0.2) is 9.59 Å². The van der Waals surface area contributed by atoms with E-state index in [-0.39, 0.29) is 33.0 Å². The molecule has 0 bridgehead atoms. The largest absolute Gasteiger partial charge is 0.478 e. The van der Waals surface area contributed by atoms with Gasteiger partial charge in [0, 0.05) is 15.5 Å². The van der Waals surface area contributed by atoms with E-state index in [1.54, 1.807) is 38.1 Å². The quantitative estimate of drug-likeness (QED) is 0.0863. The first-order valence-corrected chi connectivity index (χ1v) is 17.6. The van der Waals surface area contributed by atoms with Crippen LogP contribution in [0.4, 0.5) is 10.7 Å². The Balaban J connectivity index is 1.52. The molecule has 0 aliphatic heterocycles. The Morgan fingerprint density at radius 2 is 1.67 bits per heavy atom. The zero-order valence-corrected chi connectivity index (χ0v) is 30.3. The number of carboxylic acids is 1. The van der Waals surface area contributed by atoms with Crippen LogP contribution in [-0.2, 0) is 22.4 Å². The lowest BCUT2D eigenvalue weighted by atomic mass is 9.72. The first-order valence-electron chi connectivity index (χ1n) is 14.3. The summed E-state index contributed by atoms with van der Waals surface area (Å²) in [7, 11) is 0. The summed E-state index contributed by atoms with van der Waals surface area (Å²) in [5.41, 5.74) is 0.795. The van der Waals surface area contributed by atoms with Crippen LogP contribution in [0, 0.1) is 11.3 Å². The fraction of sp³-hybridized carbons (Fsp3) is 0.375. The van der Waals surface area contributed by atoms with Crippen molar-refractivity contribution in [1.82, 2.24) is 0 Å². The van der Waals surface area contributed by atoms with Gasteiger partial charge in [-0.1, -0.05) is 73.2 Å². The van der Waals surface area contributed by atoms with E-state index in [2.05, 4.69) is 31.4 Å². The van der Waals surface area contributed by atoms with Crippen molar-refractivity contribution in [3.8, 4) is 0 Å². The molecular weight excluding hydrogens is 714 g/mol. The summed E-state index contributed by atoms with van der Waals surface area (Å²) in [4.78, 5) is 53.2. The molecule has 1 aliphatic carbocycles. The van der Waals surface area contributed by atoms with Crippen molar-refractivity contribution in [1.29, 1.82) is 0 Å². The molecule has 0 fully saturated rings. The number of aromatic carboxylic acids is 1. The molecule has 3 aromatic rings. The normalized spacial score (nSPS) is 15.1. The Morgan fingerprint density at radius 3 is 2.28 bits per heavy atom. The van der Waals surface area contributed by atoms with E-state index in [1.807, 2.05) is 0 Å². The van der Waals surface area contributed by atoms with Gasteiger partial charge in [-0.05, 0) is 68.2 Å². The third kappa shape index (κ3) is 7.80. The van der Waals surface area contributed by atoms with Crippen LogP contribution in [0.2, 0.25) is 20.1 Å². The number of carbonyl (C=O) groups excluding carboxylic acids is 3. The van der Waals surface area contributed by atoms with E-state index in [4.69, 9.17) is 51.1 Å². The Kier molecular flexibility index (Phi) is 11.7. The van der Waals surface area contributed by atoms with Crippen molar-refractivity contribution in [2.45, 2.75) is 64.0 Å². The molecule has 2 aromatic carbocycles. The molecule has 0 spiro atoms. The molecule has 2 unspecified atom stereocenters. The lowest BCUT2D eigenvalue weighted by Gasteiger charge is -2.33. The molecule has 2 atom stereocenters. The van der Waals surface area contributed by atoms with Crippen LogP contribution in [0.3, 0.4) is 0 Å². The number of halogens is 4. The van der Waals surface area contributed by atoms with Crippen molar-refractivity contribution in [2.24, 2.45) is 11.3 Å². The van der Waals surface area contributed by atoms with Gasteiger partial charge in [-0.15, -0.1) is 23.1 Å². The zero-order chi connectivity index (χ0) is 34.1. The lowest BCUT2D eigenvalue weighted by molar-refractivity contribution is -0.115. The highest BCUT2D eigenvalue weighted by Crippen LogP contribution is 2.45. The molecular formula is C32H32Cl4N2O6S2. The highest BCUT2D eigenvalue weighted by Gasteiger charge is 2.35. The molecule has 14 heteroatoms. The van der Waals surface area contributed by atoms with Crippen LogP contribution in [-0.4, -0.2) is 40.7 Å². The van der Waals surface area contributed by atoms with Crippen LogP contribution in [0.1, 0.15) is 82.6 Å². The minimum absolute atomic E-state index is 0.119. The molecule has 0 saturated carbocycles. The Morgan fingerprint density at radius 1 is 1.02 bits per heavy atom. The van der Waals surface area contributed by atoms with E-state index in [0.29, 0.717) is 27.1 Å². The van der Waals surface area contributed by atoms with E-state index in [1.165, 1.54) is 23.1 Å². The summed E-state index contributed by atoms with van der Waals surface area (Å²) in [6, 6.07) is 6.64. The molecule has 1 aromatic heterocycles. The monoisotopic (exact) mass is 744 g/mol. The van der Waals surface area contributed by atoms with E-state index in [9.17, 15) is 24.3 Å². The van der Waals surface area contributed by atoms with E-state index in [0.717, 1.165) is 29.7 Å². The number of anilines is 2. The van der Waals surface area contributed by atoms with Crippen LogP contribution in [0.25, 0.3) is 0 Å². The molecule has 46 heavy (non-hydrogen) atoms. The van der Waals surface area contributed by atoms with Gasteiger partial charge in [0.2, 0.25) is 5.91 Å². The smallest absolute Gasteiger partial charge is 0.341 e. The van der Waals surface area contributed by atoms with Crippen molar-refractivity contribution in [3.05, 3.63) is 71.5 Å². The summed E-state index contributed by atoms with van der Waals surface area (Å²) < 4.78 is 5.36. The van der Waals surface area contributed by atoms with Crippen LogP contribution in [0.15, 0.2) is 29.2 Å². The SMILES string of the molecule is CCOC(=O)c1c(NC(=O)C(C)Sc2cccc(NC(=O)c3c(Cl)c(Cl)c(Cl)c(Cl)c3C(=O)O)c2)sc2c1CCC(C(C)(C)C)C2. The highest BCUT2D eigenvalue weighted by molar-refractivity contribution is 8.00. The summed E-state index contributed by atoms with van der Waals surface area (Å²) in [5.74, 6) is -2.66. The fourth-order valence-corrected chi connectivity index (χ4v) is 8.45. The van der Waals surface area contributed by atoms with Crippen molar-refractivity contribution >= 4 is 104 Å². The predicted molar refractivity (Wildman–Crippen MR) is 187 cm³/mol.